The highest BCUT2D eigenvalue weighted by Gasteiger charge is 2.27. The van der Waals surface area contributed by atoms with Gasteiger partial charge in [-0.05, 0) is 12.5 Å². The lowest BCUT2D eigenvalue weighted by Crippen LogP contribution is -2.24. The normalized spacial score (nSPS) is 15.2. The summed E-state index contributed by atoms with van der Waals surface area (Å²) >= 11 is 0. The Balaban J connectivity index is 2.88. The summed E-state index contributed by atoms with van der Waals surface area (Å²) in [5.41, 5.74) is 0.685. The molecule has 1 N–H and O–H groups in total. The van der Waals surface area contributed by atoms with Gasteiger partial charge in [-0.25, -0.2) is 8.42 Å². The Kier molecular flexibility index (Phi) is 4.28. The van der Waals surface area contributed by atoms with Crippen molar-refractivity contribution < 1.29 is 18.3 Å². The molecule has 0 spiro atoms. The summed E-state index contributed by atoms with van der Waals surface area (Å²) in [6, 6.07) is 8.80. The third kappa shape index (κ3) is 3.56. The molecule has 0 aromatic heterocycles. The number of sulfone groups is 1. The van der Waals surface area contributed by atoms with Gasteiger partial charge < -0.3 is 5.11 Å². The molecule has 1 aromatic carbocycles. The molecule has 0 amide bonds. The van der Waals surface area contributed by atoms with Crippen LogP contribution in [0.1, 0.15) is 24.7 Å². The van der Waals surface area contributed by atoms with Gasteiger partial charge in [0.05, 0.1) is 16.9 Å². The number of carboxylic acid groups (broad SMARTS) is 1. The summed E-state index contributed by atoms with van der Waals surface area (Å²) in [6.45, 7) is 2.98. The monoisotopic (exact) mass is 256 g/mol. The Labute approximate surface area is 101 Å². The van der Waals surface area contributed by atoms with Gasteiger partial charge in [0.1, 0.15) is 0 Å². The van der Waals surface area contributed by atoms with Crippen LogP contribution in [0.25, 0.3) is 0 Å². The quantitative estimate of drug-likeness (QED) is 0.873. The van der Waals surface area contributed by atoms with Gasteiger partial charge in [-0.1, -0.05) is 37.3 Å². The molecule has 94 valence electrons. The molecule has 5 heteroatoms. The fraction of sp³-hybridized carbons (Fsp3) is 0.417. The maximum Gasteiger partial charge on any atom is 0.307 e. The van der Waals surface area contributed by atoms with Crippen molar-refractivity contribution in [3.8, 4) is 0 Å². The number of benzene rings is 1. The summed E-state index contributed by atoms with van der Waals surface area (Å²) < 4.78 is 24.0. The number of carbonyl (C=O) groups is 1. The van der Waals surface area contributed by atoms with Crippen molar-refractivity contribution in [1.82, 2.24) is 0 Å². The molecule has 0 bridgehead atoms. The Bertz CT molecular complexity index is 478. The molecule has 0 aliphatic carbocycles. The molecule has 4 nitrogen and oxygen atoms in total. The minimum Gasteiger partial charge on any atom is -0.481 e. The van der Waals surface area contributed by atoms with E-state index in [0.717, 1.165) is 0 Å². The molecule has 0 aliphatic rings. The van der Waals surface area contributed by atoms with E-state index in [4.69, 9.17) is 5.11 Å². The van der Waals surface area contributed by atoms with Gasteiger partial charge >= 0.3 is 5.97 Å². The van der Waals surface area contributed by atoms with Crippen molar-refractivity contribution in [1.29, 1.82) is 0 Å². The van der Waals surface area contributed by atoms with Gasteiger partial charge in [-0.3, -0.25) is 4.79 Å². The summed E-state index contributed by atoms with van der Waals surface area (Å²) in [4.78, 5) is 10.7. The Morgan fingerprint density at radius 2 is 1.76 bits per heavy atom. The molecular formula is C12H16O4S. The maximum absolute atomic E-state index is 12.0. The fourth-order valence-corrected chi connectivity index (χ4v) is 3.20. The molecule has 0 heterocycles. The second-order valence-electron chi connectivity index (χ2n) is 4.12. The third-order valence-electron chi connectivity index (χ3n) is 2.71. The van der Waals surface area contributed by atoms with E-state index in [1.165, 1.54) is 6.92 Å². The lowest BCUT2D eigenvalue weighted by molar-refractivity contribution is -0.140. The van der Waals surface area contributed by atoms with Crippen LogP contribution < -0.4 is 0 Å². The molecule has 0 fully saturated rings. The molecule has 1 rings (SSSR count). The van der Waals surface area contributed by atoms with Gasteiger partial charge in [0.2, 0.25) is 0 Å². The summed E-state index contributed by atoms with van der Waals surface area (Å²) in [5, 5.41) is 8.06. The second-order valence-corrected chi connectivity index (χ2v) is 6.49. The third-order valence-corrected chi connectivity index (χ3v) is 5.03. The summed E-state index contributed by atoms with van der Waals surface area (Å²) in [7, 11) is -3.44. The standard InChI is InChI=1S/C12H16O4S/c1-9(12(13)14)8-17(15,16)10(2)11-6-4-3-5-7-11/h3-7,9-10H,8H2,1-2H3,(H,13,14). The topological polar surface area (TPSA) is 71.4 Å². The summed E-state index contributed by atoms with van der Waals surface area (Å²) in [6.07, 6.45) is 0. The first-order chi connectivity index (χ1) is 7.84. The van der Waals surface area contributed by atoms with Crippen molar-refractivity contribution in [2.75, 3.05) is 5.75 Å². The smallest absolute Gasteiger partial charge is 0.307 e. The van der Waals surface area contributed by atoms with E-state index in [-0.39, 0.29) is 5.75 Å². The zero-order valence-electron chi connectivity index (χ0n) is 9.83. The van der Waals surface area contributed by atoms with Crippen LogP contribution in [0, 0.1) is 5.92 Å². The highest BCUT2D eigenvalue weighted by atomic mass is 32.2. The van der Waals surface area contributed by atoms with Crippen molar-refractivity contribution in [2.45, 2.75) is 19.1 Å². The van der Waals surface area contributed by atoms with Crippen molar-refractivity contribution in [2.24, 2.45) is 5.92 Å². The van der Waals surface area contributed by atoms with Gasteiger partial charge in [0.25, 0.3) is 0 Å². The summed E-state index contributed by atoms with van der Waals surface area (Å²) in [5.74, 6) is -2.31. The number of hydrogen-bond acceptors (Lipinski definition) is 3. The zero-order chi connectivity index (χ0) is 13.1. The van der Waals surface area contributed by atoms with Crippen LogP contribution in [0.3, 0.4) is 0 Å². The minimum atomic E-state index is -3.44. The van der Waals surface area contributed by atoms with Gasteiger partial charge in [0, 0.05) is 0 Å². The molecule has 1 aromatic rings. The first-order valence-corrected chi connectivity index (χ1v) is 7.05. The highest BCUT2D eigenvalue weighted by molar-refractivity contribution is 7.91. The molecule has 2 atom stereocenters. The largest absolute Gasteiger partial charge is 0.481 e. The van der Waals surface area contributed by atoms with Crippen LogP contribution in [-0.2, 0) is 14.6 Å². The van der Waals surface area contributed by atoms with Crippen LogP contribution in [-0.4, -0.2) is 25.2 Å². The van der Waals surface area contributed by atoms with E-state index < -0.39 is 27.0 Å². The van der Waals surface area contributed by atoms with E-state index in [2.05, 4.69) is 0 Å². The second kappa shape index (κ2) is 5.31. The van der Waals surface area contributed by atoms with Gasteiger partial charge in [-0.15, -0.1) is 0 Å². The first kappa shape index (κ1) is 13.7. The van der Waals surface area contributed by atoms with Crippen LogP contribution in [0.2, 0.25) is 0 Å². The number of carboxylic acids is 1. The van der Waals surface area contributed by atoms with E-state index in [1.807, 2.05) is 6.07 Å². The number of aliphatic carboxylic acids is 1. The van der Waals surface area contributed by atoms with E-state index in [1.54, 1.807) is 31.2 Å². The molecule has 0 aliphatic heterocycles. The van der Waals surface area contributed by atoms with Crippen LogP contribution >= 0.6 is 0 Å². The highest BCUT2D eigenvalue weighted by Crippen LogP contribution is 2.23. The maximum atomic E-state index is 12.0. The lowest BCUT2D eigenvalue weighted by Gasteiger charge is -2.14. The molecule has 0 saturated carbocycles. The van der Waals surface area contributed by atoms with Gasteiger partial charge in [0.15, 0.2) is 9.84 Å². The molecule has 0 radical (unpaired) electrons. The SMILES string of the molecule is CC(CS(=O)(=O)C(C)c1ccccc1)C(=O)O. The van der Waals surface area contributed by atoms with Crippen LogP contribution in [0.5, 0.6) is 0 Å². The predicted molar refractivity (Wildman–Crippen MR) is 65.4 cm³/mol. The minimum absolute atomic E-state index is 0.335. The van der Waals surface area contributed by atoms with Crippen LogP contribution in [0.4, 0.5) is 0 Å². The first-order valence-electron chi connectivity index (χ1n) is 5.34. The Morgan fingerprint density at radius 1 is 1.24 bits per heavy atom. The van der Waals surface area contributed by atoms with Crippen molar-refractivity contribution in [3.63, 3.8) is 0 Å². The molecular weight excluding hydrogens is 240 g/mol. The molecule has 0 saturated heterocycles. The van der Waals surface area contributed by atoms with E-state index in [0.29, 0.717) is 5.56 Å². The molecule has 17 heavy (non-hydrogen) atoms. The van der Waals surface area contributed by atoms with E-state index in [9.17, 15) is 13.2 Å². The van der Waals surface area contributed by atoms with Crippen molar-refractivity contribution >= 4 is 15.8 Å². The fourth-order valence-electron chi connectivity index (χ4n) is 1.50. The average Bonchev–Trinajstić information content (AvgIpc) is 2.28. The zero-order valence-corrected chi connectivity index (χ0v) is 10.6. The molecule has 2 unspecified atom stereocenters. The van der Waals surface area contributed by atoms with Crippen LogP contribution in [0.15, 0.2) is 30.3 Å². The predicted octanol–water partition coefficient (Wildman–Crippen LogP) is 1.88. The Hall–Kier alpha value is -1.36. The Morgan fingerprint density at radius 3 is 2.24 bits per heavy atom. The van der Waals surface area contributed by atoms with E-state index >= 15 is 0 Å². The number of rotatable bonds is 5. The number of hydrogen-bond donors (Lipinski definition) is 1. The average molecular weight is 256 g/mol. The van der Waals surface area contributed by atoms with Gasteiger partial charge in [-0.2, -0.15) is 0 Å². The van der Waals surface area contributed by atoms with Crippen molar-refractivity contribution in [3.05, 3.63) is 35.9 Å². The lowest BCUT2D eigenvalue weighted by atomic mass is 10.2.